The normalized spacial score (nSPS) is 20.6. The van der Waals surface area contributed by atoms with Crippen molar-refractivity contribution in [3.63, 3.8) is 0 Å². The fraction of sp³-hybridized carbons (Fsp3) is 0.500. The second-order valence-corrected chi connectivity index (χ2v) is 4.08. The molecule has 0 amide bonds. The average Bonchev–Trinajstić information content (AvgIpc) is 2.40. The second kappa shape index (κ2) is 5.75. The minimum absolute atomic E-state index is 0.268. The van der Waals surface area contributed by atoms with Crippen LogP contribution in [-0.2, 0) is 4.74 Å². The van der Waals surface area contributed by atoms with E-state index >= 15 is 0 Å². The Hall–Kier alpha value is -1.34. The van der Waals surface area contributed by atoms with E-state index in [4.69, 9.17) is 4.74 Å². The molecule has 0 spiro atoms. The number of alkyl halides is 4. The highest BCUT2D eigenvalue weighted by atomic mass is 19.3. The molecule has 1 saturated heterocycles. The van der Waals surface area contributed by atoms with Gasteiger partial charge in [-0.05, 0) is 6.07 Å². The average molecular weight is 279 g/mol. The summed E-state index contributed by atoms with van der Waals surface area (Å²) in [4.78, 5) is 0. The smallest absolute Gasteiger partial charge is 0.428 e. The van der Waals surface area contributed by atoms with Gasteiger partial charge in [-0.15, -0.1) is 0 Å². The summed E-state index contributed by atoms with van der Waals surface area (Å²) < 4.78 is 59.6. The van der Waals surface area contributed by atoms with Crippen LogP contribution < -0.4 is 10.1 Å². The van der Waals surface area contributed by atoms with Crippen LogP contribution in [0.5, 0.6) is 5.75 Å². The zero-order valence-corrected chi connectivity index (χ0v) is 9.91. The summed E-state index contributed by atoms with van der Waals surface area (Å²) in [6.45, 7) is 1.36. The Labute approximate surface area is 107 Å². The molecule has 0 aromatic heterocycles. The maximum absolute atomic E-state index is 13.0. The molecule has 1 aromatic rings. The van der Waals surface area contributed by atoms with E-state index in [2.05, 4.69) is 10.1 Å². The van der Waals surface area contributed by atoms with Gasteiger partial charge in [-0.3, -0.25) is 0 Å². The van der Waals surface area contributed by atoms with Crippen LogP contribution in [0.15, 0.2) is 24.3 Å². The summed E-state index contributed by atoms with van der Waals surface area (Å²) in [5.41, 5.74) is 0.377. The van der Waals surface area contributed by atoms with E-state index in [1.807, 2.05) is 0 Å². The molecule has 0 unspecified atom stereocenters. The number of hydrogen-bond acceptors (Lipinski definition) is 3. The monoisotopic (exact) mass is 279 g/mol. The highest BCUT2D eigenvalue weighted by molar-refractivity contribution is 5.36. The molecule has 1 fully saturated rings. The van der Waals surface area contributed by atoms with Gasteiger partial charge in [0.15, 0.2) is 0 Å². The lowest BCUT2D eigenvalue weighted by atomic mass is 10.1. The Morgan fingerprint density at radius 1 is 1.32 bits per heavy atom. The lowest BCUT2D eigenvalue weighted by Crippen LogP contribution is -2.37. The molecule has 106 valence electrons. The van der Waals surface area contributed by atoms with Crippen molar-refractivity contribution >= 4 is 0 Å². The van der Waals surface area contributed by atoms with Gasteiger partial charge in [0.2, 0.25) is 0 Å². The van der Waals surface area contributed by atoms with Crippen LogP contribution in [0.2, 0.25) is 0 Å². The van der Waals surface area contributed by atoms with Crippen LogP contribution in [0.4, 0.5) is 17.6 Å². The standard InChI is InChI=1S/C12H13F4NO2/c13-11(14)12(15,16)19-10-4-2-1-3-8(10)9-7-18-6-5-17-9/h1-4,9,11,17H,5-7H2/t9-/m1/s1. The van der Waals surface area contributed by atoms with E-state index in [1.165, 1.54) is 12.1 Å². The Morgan fingerprint density at radius 3 is 2.68 bits per heavy atom. The van der Waals surface area contributed by atoms with Crippen LogP contribution >= 0.6 is 0 Å². The highest BCUT2D eigenvalue weighted by Crippen LogP contribution is 2.33. The van der Waals surface area contributed by atoms with E-state index in [9.17, 15) is 17.6 Å². The van der Waals surface area contributed by atoms with Crippen molar-refractivity contribution in [2.24, 2.45) is 0 Å². The quantitative estimate of drug-likeness (QED) is 0.859. The third-order valence-electron chi connectivity index (χ3n) is 2.72. The molecule has 3 nitrogen and oxygen atoms in total. The number of benzene rings is 1. The van der Waals surface area contributed by atoms with E-state index in [0.29, 0.717) is 18.7 Å². The molecule has 0 bridgehead atoms. The van der Waals surface area contributed by atoms with Crippen LogP contribution in [0, 0.1) is 0 Å². The number of para-hydroxylation sites is 1. The van der Waals surface area contributed by atoms with E-state index in [0.717, 1.165) is 0 Å². The first kappa shape index (κ1) is 14.1. The van der Waals surface area contributed by atoms with E-state index in [1.54, 1.807) is 12.1 Å². The van der Waals surface area contributed by atoms with Crippen LogP contribution in [0.1, 0.15) is 11.6 Å². The van der Waals surface area contributed by atoms with Crippen molar-refractivity contribution in [2.75, 3.05) is 19.8 Å². The zero-order chi connectivity index (χ0) is 13.9. The number of halogens is 4. The third kappa shape index (κ3) is 3.36. The van der Waals surface area contributed by atoms with Crippen molar-refractivity contribution < 1.29 is 27.0 Å². The third-order valence-corrected chi connectivity index (χ3v) is 2.72. The van der Waals surface area contributed by atoms with Crippen molar-refractivity contribution in [1.82, 2.24) is 5.32 Å². The Morgan fingerprint density at radius 2 is 2.05 bits per heavy atom. The molecule has 2 rings (SSSR count). The largest absolute Gasteiger partial charge is 0.461 e. The maximum Gasteiger partial charge on any atom is 0.461 e. The first-order valence-corrected chi connectivity index (χ1v) is 5.76. The summed E-state index contributed by atoms with van der Waals surface area (Å²) >= 11 is 0. The predicted molar refractivity (Wildman–Crippen MR) is 59.6 cm³/mol. The molecule has 1 aliphatic heterocycles. The van der Waals surface area contributed by atoms with Crippen LogP contribution in [0.25, 0.3) is 0 Å². The number of morpholine rings is 1. The maximum atomic E-state index is 13.0. The predicted octanol–water partition coefficient (Wildman–Crippen LogP) is 2.58. The topological polar surface area (TPSA) is 30.5 Å². The Kier molecular flexibility index (Phi) is 4.26. The number of ether oxygens (including phenoxy) is 2. The summed E-state index contributed by atoms with van der Waals surface area (Å²) in [7, 11) is 0. The fourth-order valence-corrected chi connectivity index (χ4v) is 1.82. The number of rotatable bonds is 4. The molecule has 19 heavy (non-hydrogen) atoms. The minimum Gasteiger partial charge on any atom is -0.428 e. The molecule has 0 aliphatic carbocycles. The van der Waals surface area contributed by atoms with Gasteiger partial charge in [0.25, 0.3) is 0 Å². The fourth-order valence-electron chi connectivity index (χ4n) is 1.82. The lowest BCUT2D eigenvalue weighted by molar-refractivity contribution is -0.253. The molecule has 0 radical (unpaired) electrons. The lowest BCUT2D eigenvalue weighted by Gasteiger charge is -2.27. The van der Waals surface area contributed by atoms with E-state index in [-0.39, 0.29) is 18.4 Å². The first-order valence-electron chi connectivity index (χ1n) is 5.76. The molecule has 1 atom stereocenters. The Bertz CT molecular complexity index is 422. The summed E-state index contributed by atoms with van der Waals surface area (Å²) in [6, 6.07) is 5.51. The molecule has 1 N–H and O–H groups in total. The molecule has 1 aliphatic rings. The van der Waals surface area contributed by atoms with Crippen LogP contribution in [-0.4, -0.2) is 32.3 Å². The molecule has 0 saturated carbocycles. The molecular weight excluding hydrogens is 266 g/mol. The highest BCUT2D eigenvalue weighted by Gasteiger charge is 2.44. The van der Waals surface area contributed by atoms with Crippen LogP contribution in [0.3, 0.4) is 0 Å². The van der Waals surface area contributed by atoms with Crippen molar-refractivity contribution in [3.8, 4) is 5.75 Å². The first-order chi connectivity index (χ1) is 9.00. The second-order valence-electron chi connectivity index (χ2n) is 4.08. The number of nitrogens with one attached hydrogen (secondary N) is 1. The van der Waals surface area contributed by atoms with Gasteiger partial charge in [-0.1, -0.05) is 18.2 Å². The Balaban J connectivity index is 2.20. The van der Waals surface area contributed by atoms with Crippen molar-refractivity contribution in [3.05, 3.63) is 29.8 Å². The van der Waals surface area contributed by atoms with Gasteiger partial charge in [0.05, 0.1) is 19.3 Å². The van der Waals surface area contributed by atoms with E-state index < -0.39 is 12.5 Å². The van der Waals surface area contributed by atoms with Gasteiger partial charge >= 0.3 is 12.5 Å². The van der Waals surface area contributed by atoms with Gasteiger partial charge in [0.1, 0.15) is 5.75 Å². The van der Waals surface area contributed by atoms with Crippen molar-refractivity contribution in [1.29, 1.82) is 0 Å². The molecule has 1 aromatic carbocycles. The van der Waals surface area contributed by atoms with Gasteiger partial charge in [-0.2, -0.15) is 17.6 Å². The zero-order valence-electron chi connectivity index (χ0n) is 9.91. The number of hydrogen-bond donors (Lipinski definition) is 1. The molecular formula is C12H13F4NO2. The molecule has 1 heterocycles. The minimum atomic E-state index is -4.51. The molecule has 7 heteroatoms. The summed E-state index contributed by atoms with van der Waals surface area (Å²) in [5.74, 6) is -0.268. The van der Waals surface area contributed by atoms with Gasteiger partial charge in [-0.25, -0.2) is 0 Å². The summed E-state index contributed by atoms with van der Waals surface area (Å²) in [6.07, 6.45) is -8.39. The summed E-state index contributed by atoms with van der Waals surface area (Å²) in [5, 5.41) is 3.05. The van der Waals surface area contributed by atoms with Gasteiger partial charge in [0, 0.05) is 12.1 Å². The van der Waals surface area contributed by atoms with Crippen molar-refractivity contribution in [2.45, 2.75) is 18.6 Å². The SMILES string of the molecule is FC(F)C(F)(F)Oc1ccccc1[C@H]1COCCN1. The van der Waals surface area contributed by atoms with Gasteiger partial charge < -0.3 is 14.8 Å².